The van der Waals surface area contributed by atoms with E-state index in [0.29, 0.717) is 11.3 Å². The van der Waals surface area contributed by atoms with Gasteiger partial charge in [-0.2, -0.15) is 0 Å². The minimum atomic E-state index is 0.573. The molecule has 0 saturated heterocycles. The number of rotatable bonds is 7. The van der Waals surface area contributed by atoms with Crippen LogP contribution in [0.3, 0.4) is 0 Å². The van der Waals surface area contributed by atoms with E-state index in [2.05, 4.69) is 36.1 Å². The lowest BCUT2D eigenvalue weighted by Crippen LogP contribution is -2.29. The lowest BCUT2D eigenvalue weighted by molar-refractivity contribution is 0.513. The minimum Gasteiger partial charge on any atom is -0.314 e. The van der Waals surface area contributed by atoms with Gasteiger partial charge in [0.1, 0.15) is 6.33 Å². The van der Waals surface area contributed by atoms with Gasteiger partial charge in [-0.1, -0.05) is 13.8 Å². The van der Waals surface area contributed by atoms with Crippen molar-refractivity contribution in [2.75, 3.05) is 6.54 Å². The predicted octanol–water partition coefficient (Wildman–Crippen LogP) is 2.74. The average Bonchev–Trinajstić information content (AvgIpc) is 2.27. The Morgan fingerprint density at radius 2 is 2.25 bits per heavy atom. The van der Waals surface area contributed by atoms with Crippen LogP contribution in [0.2, 0.25) is 0 Å². The molecule has 3 nitrogen and oxygen atoms in total. The van der Waals surface area contributed by atoms with Gasteiger partial charge in [0.05, 0.1) is 5.03 Å². The highest BCUT2D eigenvalue weighted by Gasteiger charge is 2.09. The monoisotopic (exact) mass is 239 g/mol. The summed E-state index contributed by atoms with van der Waals surface area (Å²) in [7, 11) is 0. The van der Waals surface area contributed by atoms with E-state index in [0.717, 1.165) is 18.0 Å². The number of nitrogens with zero attached hydrogens (tertiary/aromatic N) is 2. The predicted molar refractivity (Wildman–Crippen MR) is 69.7 cm³/mol. The van der Waals surface area contributed by atoms with Gasteiger partial charge in [0.2, 0.25) is 0 Å². The molecule has 2 unspecified atom stereocenters. The van der Waals surface area contributed by atoms with Crippen LogP contribution < -0.4 is 5.32 Å². The van der Waals surface area contributed by atoms with Crippen LogP contribution in [0.15, 0.2) is 23.6 Å². The van der Waals surface area contributed by atoms with Crippen LogP contribution in [0.5, 0.6) is 0 Å². The summed E-state index contributed by atoms with van der Waals surface area (Å²) in [5.74, 6) is 0. The van der Waals surface area contributed by atoms with E-state index in [4.69, 9.17) is 0 Å². The van der Waals surface area contributed by atoms with Gasteiger partial charge in [-0.15, -0.1) is 11.8 Å². The summed E-state index contributed by atoms with van der Waals surface area (Å²) in [4.78, 5) is 8.14. The van der Waals surface area contributed by atoms with Gasteiger partial charge in [-0.25, -0.2) is 9.97 Å². The van der Waals surface area contributed by atoms with Crippen LogP contribution in [0.25, 0.3) is 0 Å². The summed E-state index contributed by atoms with van der Waals surface area (Å²) >= 11 is 1.81. The summed E-state index contributed by atoms with van der Waals surface area (Å²) in [6, 6.07) is 2.54. The molecule has 90 valence electrons. The maximum absolute atomic E-state index is 4.22. The van der Waals surface area contributed by atoms with E-state index in [1.807, 2.05) is 17.8 Å². The quantitative estimate of drug-likeness (QED) is 0.586. The Bertz CT molecular complexity index is 279. The Balaban J connectivity index is 2.27. The van der Waals surface area contributed by atoms with E-state index in [9.17, 15) is 0 Å². The highest BCUT2D eigenvalue weighted by atomic mass is 32.2. The van der Waals surface area contributed by atoms with E-state index in [1.165, 1.54) is 6.42 Å². The van der Waals surface area contributed by atoms with Gasteiger partial charge in [0, 0.05) is 17.5 Å². The Morgan fingerprint density at radius 1 is 1.44 bits per heavy atom. The summed E-state index contributed by atoms with van der Waals surface area (Å²) < 4.78 is 0. The Kier molecular flexibility index (Phi) is 6.42. The smallest absolute Gasteiger partial charge is 0.116 e. The SMILES string of the molecule is CCCNC(C)CC(C)Sc1ccncn1. The molecule has 0 spiro atoms. The molecule has 16 heavy (non-hydrogen) atoms. The average molecular weight is 239 g/mol. The standard InChI is InChI=1S/C12H21N3S/c1-4-6-14-10(2)8-11(3)16-12-5-7-13-9-15-12/h5,7,9-11,14H,4,6,8H2,1-3H3. The molecule has 1 rings (SSSR count). The molecule has 0 aliphatic heterocycles. The molecule has 0 aromatic carbocycles. The summed E-state index contributed by atoms with van der Waals surface area (Å²) in [6.07, 6.45) is 5.75. The number of thioether (sulfide) groups is 1. The number of hydrogen-bond donors (Lipinski definition) is 1. The van der Waals surface area contributed by atoms with Crippen molar-refractivity contribution in [3.63, 3.8) is 0 Å². The van der Waals surface area contributed by atoms with Crippen molar-refractivity contribution in [2.45, 2.75) is 49.9 Å². The number of hydrogen-bond acceptors (Lipinski definition) is 4. The van der Waals surface area contributed by atoms with Gasteiger partial charge in [0.15, 0.2) is 0 Å². The summed E-state index contributed by atoms with van der Waals surface area (Å²) in [5, 5.41) is 5.14. The first-order valence-electron chi connectivity index (χ1n) is 5.88. The summed E-state index contributed by atoms with van der Waals surface area (Å²) in [6.45, 7) is 7.79. The molecule has 0 aliphatic rings. The Morgan fingerprint density at radius 3 is 2.88 bits per heavy atom. The molecule has 0 fully saturated rings. The largest absolute Gasteiger partial charge is 0.314 e. The van der Waals surface area contributed by atoms with Gasteiger partial charge in [-0.05, 0) is 32.4 Å². The van der Waals surface area contributed by atoms with Crippen LogP contribution in [0.4, 0.5) is 0 Å². The molecule has 1 N–H and O–H groups in total. The van der Waals surface area contributed by atoms with Gasteiger partial charge in [-0.3, -0.25) is 0 Å². The molecule has 0 radical (unpaired) electrons. The van der Waals surface area contributed by atoms with Crippen LogP contribution in [0.1, 0.15) is 33.6 Å². The highest BCUT2D eigenvalue weighted by molar-refractivity contribution is 7.99. The third kappa shape index (κ3) is 5.47. The lowest BCUT2D eigenvalue weighted by atomic mass is 10.2. The van der Waals surface area contributed by atoms with Crippen LogP contribution in [-0.4, -0.2) is 27.8 Å². The molecular formula is C12H21N3S. The zero-order valence-corrected chi connectivity index (χ0v) is 11.1. The van der Waals surface area contributed by atoms with Gasteiger partial charge >= 0.3 is 0 Å². The maximum atomic E-state index is 4.22. The topological polar surface area (TPSA) is 37.8 Å². The van der Waals surface area contributed by atoms with Crippen molar-refractivity contribution < 1.29 is 0 Å². The molecular weight excluding hydrogens is 218 g/mol. The van der Waals surface area contributed by atoms with Gasteiger partial charge < -0.3 is 5.32 Å². The van der Waals surface area contributed by atoms with E-state index in [1.54, 1.807) is 12.5 Å². The van der Waals surface area contributed by atoms with E-state index < -0.39 is 0 Å². The molecule has 0 bridgehead atoms. The lowest BCUT2D eigenvalue weighted by Gasteiger charge is -2.17. The van der Waals surface area contributed by atoms with Crippen LogP contribution >= 0.6 is 11.8 Å². The molecule has 0 saturated carbocycles. The van der Waals surface area contributed by atoms with Crippen molar-refractivity contribution in [3.05, 3.63) is 18.6 Å². The second-order valence-corrected chi connectivity index (χ2v) is 5.53. The first kappa shape index (κ1) is 13.5. The molecule has 1 heterocycles. The third-order valence-electron chi connectivity index (χ3n) is 2.31. The van der Waals surface area contributed by atoms with E-state index >= 15 is 0 Å². The second kappa shape index (κ2) is 7.63. The van der Waals surface area contributed by atoms with Gasteiger partial charge in [0.25, 0.3) is 0 Å². The Labute approximate surface area is 102 Å². The fourth-order valence-electron chi connectivity index (χ4n) is 1.57. The first-order chi connectivity index (χ1) is 7.72. The van der Waals surface area contributed by atoms with E-state index in [-0.39, 0.29) is 0 Å². The normalized spacial score (nSPS) is 14.7. The first-order valence-corrected chi connectivity index (χ1v) is 6.76. The molecule has 2 atom stereocenters. The highest BCUT2D eigenvalue weighted by Crippen LogP contribution is 2.23. The van der Waals surface area contributed by atoms with Crippen molar-refractivity contribution >= 4 is 11.8 Å². The fraction of sp³-hybridized carbons (Fsp3) is 0.667. The molecule has 0 aliphatic carbocycles. The molecule has 1 aromatic rings. The Hall–Kier alpha value is -0.610. The zero-order valence-electron chi connectivity index (χ0n) is 10.3. The second-order valence-electron chi connectivity index (χ2n) is 4.07. The third-order valence-corrected chi connectivity index (χ3v) is 3.38. The molecule has 4 heteroatoms. The number of aromatic nitrogens is 2. The molecule has 1 aromatic heterocycles. The maximum Gasteiger partial charge on any atom is 0.116 e. The van der Waals surface area contributed by atoms with Crippen molar-refractivity contribution in [1.29, 1.82) is 0 Å². The van der Waals surface area contributed by atoms with Crippen LogP contribution in [0, 0.1) is 0 Å². The summed E-state index contributed by atoms with van der Waals surface area (Å²) in [5.41, 5.74) is 0. The molecule has 0 amide bonds. The van der Waals surface area contributed by atoms with Crippen molar-refractivity contribution in [1.82, 2.24) is 15.3 Å². The van der Waals surface area contributed by atoms with Crippen molar-refractivity contribution in [3.8, 4) is 0 Å². The van der Waals surface area contributed by atoms with Crippen molar-refractivity contribution in [2.24, 2.45) is 0 Å². The van der Waals surface area contributed by atoms with Crippen LogP contribution in [-0.2, 0) is 0 Å². The zero-order chi connectivity index (χ0) is 11.8. The number of nitrogens with one attached hydrogen (secondary N) is 1. The minimum absolute atomic E-state index is 0.573. The fourth-order valence-corrected chi connectivity index (χ4v) is 2.62.